The van der Waals surface area contributed by atoms with Crippen LogP contribution < -0.4 is 10.6 Å². The molecule has 0 amide bonds. The summed E-state index contributed by atoms with van der Waals surface area (Å²) in [5.74, 6) is -0.218. The standard InChI is InChI=1S/C14H12FIN2/c15-10-7-14(12(17)8-11(10)16)18-6-5-9-3-1-2-4-13(9)18/h1-4,7-8H,5-6,17H2. The van der Waals surface area contributed by atoms with Crippen LogP contribution in [0.3, 0.4) is 0 Å². The van der Waals surface area contributed by atoms with Gasteiger partial charge in [0.25, 0.3) is 0 Å². The third kappa shape index (κ3) is 1.84. The number of nitrogens with zero attached hydrogens (tertiary/aromatic N) is 1. The molecule has 2 aromatic rings. The van der Waals surface area contributed by atoms with Gasteiger partial charge in [0.15, 0.2) is 0 Å². The lowest BCUT2D eigenvalue weighted by atomic mass is 10.2. The lowest BCUT2D eigenvalue weighted by Gasteiger charge is -2.21. The van der Waals surface area contributed by atoms with E-state index in [2.05, 4.69) is 17.0 Å². The molecule has 92 valence electrons. The van der Waals surface area contributed by atoms with E-state index in [9.17, 15) is 4.39 Å². The Kier molecular flexibility index (Phi) is 2.89. The van der Waals surface area contributed by atoms with E-state index in [4.69, 9.17) is 5.73 Å². The Labute approximate surface area is 119 Å². The van der Waals surface area contributed by atoms with Gasteiger partial charge in [-0.25, -0.2) is 4.39 Å². The van der Waals surface area contributed by atoms with Crippen molar-refractivity contribution < 1.29 is 4.39 Å². The number of nitrogen functional groups attached to an aromatic ring is 1. The van der Waals surface area contributed by atoms with Gasteiger partial charge in [-0.2, -0.15) is 0 Å². The fraction of sp³-hybridized carbons (Fsp3) is 0.143. The van der Waals surface area contributed by atoms with Gasteiger partial charge in [0.05, 0.1) is 14.9 Å². The molecule has 0 spiro atoms. The first-order valence-corrected chi connectivity index (χ1v) is 6.84. The van der Waals surface area contributed by atoms with Crippen LogP contribution in [0.4, 0.5) is 21.5 Å². The van der Waals surface area contributed by atoms with Crippen LogP contribution in [0.25, 0.3) is 0 Å². The molecule has 0 fully saturated rings. The van der Waals surface area contributed by atoms with E-state index in [1.54, 1.807) is 6.07 Å². The van der Waals surface area contributed by atoms with Crippen molar-refractivity contribution in [2.24, 2.45) is 0 Å². The molecule has 0 atom stereocenters. The Morgan fingerprint density at radius 2 is 1.94 bits per heavy atom. The van der Waals surface area contributed by atoms with Crippen LogP contribution >= 0.6 is 22.6 Å². The van der Waals surface area contributed by atoms with Gasteiger partial charge >= 0.3 is 0 Å². The van der Waals surface area contributed by atoms with Gasteiger partial charge in [0.2, 0.25) is 0 Å². The molecule has 2 nitrogen and oxygen atoms in total. The number of nitrogens with two attached hydrogens (primary N) is 1. The quantitative estimate of drug-likeness (QED) is 0.625. The van der Waals surface area contributed by atoms with E-state index >= 15 is 0 Å². The number of fused-ring (bicyclic) bond motifs is 1. The number of halogens is 2. The van der Waals surface area contributed by atoms with E-state index < -0.39 is 0 Å². The SMILES string of the molecule is Nc1cc(I)c(F)cc1N1CCc2ccccc21. The molecule has 0 radical (unpaired) electrons. The van der Waals surface area contributed by atoms with Crippen molar-refractivity contribution in [3.63, 3.8) is 0 Å². The second-order valence-corrected chi connectivity index (χ2v) is 5.52. The number of anilines is 3. The molecule has 0 saturated heterocycles. The van der Waals surface area contributed by atoms with Crippen LogP contribution in [0.1, 0.15) is 5.56 Å². The molecule has 1 aliphatic rings. The molecule has 0 unspecified atom stereocenters. The summed E-state index contributed by atoms with van der Waals surface area (Å²) in [4.78, 5) is 2.09. The van der Waals surface area contributed by atoms with Gasteiger partial charge in [-0.15, -0.1) is 0 Å². The highest BCUT2D eigenvalue weighted by molar-refractivity contribution is 14.1. The molecular weight excluding hydrogens is 342 g/mol. The molecule has 0 saturated carbocycles. The normalized spacial score (nSPS) is 13.8. The predicted octanol–water partition coefficient (Wildman–Crippen LogP) is 3.71. The highest BCUT2D eigenvalue weighted by atomic mass is 127. The third-order valence-corrected chi connectivity index (χ3v) is 4.07. The number of para-hydroxylation sites is 1. The average Bonchev–Trinajstić information content (AvgIpc) is 2.78. The summed E-state index contributed by atoms with van der Waals surface area (Å²) in [7, 11) is 0. The topological polar surface area (TPSA) is 29.3 Å². The Balaban J connectivity index is 2.10. The Hall–Kier alpha value is -1.30. The number of rotatable bonds is 1. The Morgan fingerprint density at radius 3 is 2.78 bits per heavy atom. The van der Waals surface area contributed by atoms with Crippen molar-refractivity contribution >= 4 is 39.7 Å². The van der Waals surface area contributed by atoms with Gasteiger partial charge in [0.1, 0.15) is 5.82 Å². The second kappa shape index (κ2) is 4.42. The minimum Gasteiger partial charge on any atom is -0.397 e. The predicted molar refractivity (Wildman–Crippen MR) is 80.7 cm³/mol. The summed E-state index contributed by atoms with van der Waals surface area (Å²) >= 11 is 1.96. The van der Waals surface area contributed by atoms with E-state index in [-0.39, 0.29) is 5.82 Å². The highest BCUT2D eigenvalue weighted by Crippen LogP contribution is 2.38. The van der Waals surface area contributed by atoms with Crippen molar-refractivity contribution in [3.05, 3.63) is 51.3 Å². The van der Waals surface area contributed by atoms with E-state index in [1.807, 2.05) is 34.7 Å². The van der Waals surface area contributed by atoms with Crippen molar-refractivity contribution in [3.8, 4) is 0 Å². The van der Waals surface area contributed by atoms with Gasteiger partial charge < -0.3 is 10.6 Å². The lowest BCUT2D eigenvalue weighted by molar-refractivity contribution is 0.620. The van der Waals surface area contributed by atoms with Gasteiger partial charge in [0, 0.05) is 18.3 Å². The largest absolute Gasteiger partial charge is 0.397 e. The van der Waals surface area contributed by atoms with Crippen molar-refractivity contribution in [1.82, 2.24) is 0 Å². The second-order valence-electron chi connectivity index (χ2n) is 4.36. The minimum atomic E-state index is -0.218. The maximum absolute atomic E-state index is 13.7. The molecule has 0 aliphatic carbocycles. The lowest BCUT2D eigenvalue weighted by Crippen LogP contribution is -2.15. The fourth-order valence-corrected chi connectivity index (χ4v) is 2.87. The zero-order valence-electron chi connectivity index (χ0n) is 9.66. The van der Waals surface area contributed by atoms with E-state index in [0.717, 1.165) is 24.3 Å². The van der Waals surface area contributed by atoms with Crippen molar-refractivity contribution in [2.45, 2.75) is 6.42 Å². The molecule has 1 aliphatic heterocycles. The summed E-state index contributed by atoms with van der Waals surface area (Å²) < 4.78 is 14.3. The molecule has 4 heteroatoms. The first-order chi connectivity index (χ1) is 8.66. The molecule has 18 heavy (non-hydrogen) atoms. The van der Waals surface area contributed by atoms with Gasteiger partial charge in [-0.1, -0.05) is 18.2 Å². The zero-order valence-corrected chi connectivity index (χ0v) is 11.8. The third-order valence-electron chi connectivity index (χ3n) is 3.25. The van der Waals surface area contributed by atoms with Crippen LogP contribution in [0.15, 0.2) is 36.4 Å². The zero-order chi connectivity index (χ0) is 12.7. The maximum atomic E-state index is 13.7. The minimum absolute atomic E-state index is 0.218. The van der Waals surface area contributed by atoms with Crippen LogP contribution in [0.5, 0.6) is 0 Å². The Bertz CT molecular complexity index is 613. The Morgan fingerprint density at radius 1 is 1.17 bits per heavy atom. The van der Waals surface area contributed by atoms with Crippen molar-refractivity contribution in [2.75, 3.05) is 17.2 Å². The first kappa shape index (κ1) is 11.8. The summed E-state index contributed by atoms with van der Waals surface area (Å²) in [6.45, 7) is 0.851. The molecular formula is C14H12FIN2. The number of hydrogen-bond acceptors (Lipinski definition) is 2. The average molecular weight is 354 g/mol. The molecule has 2 N–H and O–H groups in total. The molecule has 0 bridgehead atoms. The summed E-state index contributed by atoms with van der Waals surface area (Å²) in [5, 5.41) is 0. The summed E-state index contributed by atoms with van der Waals surface area (Å²) in [5.41, 5.74) is 9.82. The van der Waals surface area contributed by atoms with Crippen LogP contribution in [-0.4, -0.2) is 6.54 Å². The van der Waals surface area contributed by atoms with Crippen LogP contribution in [0, 0.1) is 9.39 Å². The van der Waals surface area contributed by atoms with Gasteiger partial charge in [-0.3, -0.25) is 0 Å². The molecule has 3 rings (SSSR count). The van der Waals surface area contributed by atoms with Gasteiger partial charge in [-0.05, 0) is 46.7 Å². The molecule has 1 heterocycles. The number of hydrogen-bond donors (Lipinski definition) is 1. The fourth-order valence-electron chi connectivity index (χ4n) is 2.37. The molecule has 0 aromatic heterocycles. The highest BCUT2D eigenvalue weighted by Gasteiger charge is 2.22. The monoisotopic (exact) mass is 354 g/mol. The maximum Gasteiger partial charge on any atom is 0.138 e. The summed E-state index contributed by atoms with van der Waals surface area (Å²) in [6.07, 6.45) is 0.975. The smallest absolute Gasteiger partial charge is 0.138 e. The van der Waals surface area contributed by atoms with Crippen molar-refractivity contribution in [1.29, 1.82) is 0 Å². The molecule has 2 aromatic carbocycles. The van der Waals surface area contributed by atoms with E-state index in [1.165, 1.54) is 11.6 Å². The summed E-state index contributed by atoms with van der Waals surface area (Å²) in [6, 6.07) is 11.4. The number of benzene rings is 2. The van der Waals surface area contributed by atoms with Crippen LogP contribution in [0.2, 0.25) is 0 Å². The van der Waals surface area contributed by atoms with E-state index in [0.29, 0.717) is 9.26 Å². The first-order valence-electron chi connectivity index (χ1n) is 5.77. The van der Waals surface area contributed by atoms with Crippen LogP contribution in [-0.2, 0) is 6.42 Å².